The number of para-hydroxylation sites is 1. The summed E-state index contributed by atoms with van der Waals surface area (Å²) in [6, 6.07) is 12.3. The van der Waals surface area contributed by atoms with Gasteiger partial charge in [-0.3, -0.25) is 14.8 Å². The van der Waals surface area contributed by atoms with E-state index in [-0.39, 0.29) is 11.7 Å². The minimum absolute atomic E-state index is 0.0956. The topological polar surface area (TPSA) is 42.9 Å². The zero-order valence-electron chi connectivity index (χ0n) is 18.6. The number of fused-ring (bicyclic) bond motifs is 3. The minimum Gasteiger partial charge on any atom is -0.289 e. The Labute approximate surface area is 189 Å². The molecule has 0 fully saturated rings. The third-order valence-electron chi connectivity index (χ3n) is 6.65. The molecule has 5 rings (SSSR count). The maximum Gasteiger partial charge on any atom is 0.195 e. The van der Waals surface area contributed by atoms with Crippen LogP contribution in [0.15, 0.2) is 84.4 Å². The fourth-order valence-corrected chi connectivity index (χ4v) is 5.03. The summed E-state index contributed by atoms with van der Waals surface area (Å²) in [5.74, 6) is 0.351. The molecule has 0 aliphatic heterocycles. The van der Waals surface area contributed by atoms with Crippen molar-refractivity contribution in [1.82, 2.24) is 9.97 Å². The van der Waals surface area contributed by atoms with Gasteiger partial charge in [0.05, 0.1) is 5.52 Å². The monoisotopic (exact) mass is 420 g/mol. The molecule has 0 N–H and O–H groups in total. The molecule has 32 heavy (non-hydrogen) atoms. The van der Waals surface area contributed by atoms with Gasteiger partial charge >= 0.3 is 0 Å². The highest BCUT2D eigenvalue weighted by atomic mass is 16.1. The van der Waals surface area contributed by atoms with E-state index in [1.807, 2.05) is 30.6 Å². The highest BCUT2D eigenvalue weighted by molar-refractivity contribution is 6.16. The molecule has 3 aromatic rings. The van der Waals surface area contributed by atoms with Crippen molar-refractivity contribution < 1.29 is 4.79 Å². The number of Topliss-reactive ketones (excluding diaryl/α,β-unsaturated/α-hetero) is 1. The SMILES string of the molecule is CCCCC1C2=C/CCCC=C(c3ccnc4ccccc34)/C=C\2C(=O)c2cnccc21. The van der Waals surface area contributed by atoms with Gasteiger partial charge in [-0.1, -0.05) is 50.1 Å². The van der Waals surface area contributed by atoms with Gasteiger partial charge in [0.1, 0.15) is 0 Å². The predicted molar refractivity (Wildman–Crippen MR) is 131 cm³/mol. The second kappa shape index (κ2) is 9.04. The number of pyridine rings is 2. The summed E-state index contributed by atoms with van der Waals surface area (Å²) < 4.78 is 0. The van der Waals surface area contributed by atoms with E-state index in [1.165, 1.54) is 5.57 Å². The number of hydrogen-bond acceptors (Lipinski definition) is 3. The number of ketones is 1. The van der Waals surface area contributed by atoms with E-state index < -0.39 is 0 Å². The summed E-state index contributed by atoms with van der Waals surface area (Å²) >= 11 is 0. The first-order valence-corrected chi connectivity index (χ1v) is 11.7. The van der Waals surface area contributed by atoms with Crippen molar-refractivity contribution in [3.63, 3.8) is 0 Å². The molecule has 2 aliphatic rings. The smallest absolute Gasteiger partial charge is 0.195 e. The lowest BCUT2D eigenvalue weighted by molar-refractivity contribution is 0.103. The van der Waals surface area contributed by atoms with Gasteiger partial charge in [-0.05, 0) is 72.2 Å². The van der Waals surface area contributed by atoms with Gasteiger partial charge in [0.2, 0.25) is 0 Å². The van der Waals surface area contributed by atoms with Crippen LogP contribution in [0, 0.1) is 0 Å². The molecule has 0 amide bonds. The van der Waals surface area contributed by atoms with Crippen LogP contribution in [0.2, 0.25) is 0 Å². The summed E-state index contributed by atoms with van der Waals surface area (Å²) in [6.45, 7) is 2.23. The van der Waals surface area contributed by atoms with Gasteiger partial charge in [-0.15, -0.1) is 0 Å². The lowest BCUT2D eigenvalue weighted by Gasteiger charge is -2.30. The molecule has 0 spiro atoms. The van der Waals surface area contributed by atoms with E-state index in [4.69, 9.17) is 0 Å². The van der Waals surface area contributed by atoms with Gasteiger partial charge in [0.25, 0.3) is 0 Å². The fourth-order valence-electron chi connectivity index (χ4n) is 5.03. The van der Waals surface area contributed by atoms with Crippen LogP contribution in [0.1, 0.15) is 72.9 Å². The van der Waals surface area contributed by atoms with E-state index in [0.29, 0.717) is 0 Å². The largest absolute Gasteiger partial charge is 0.289 e. The zero-order chi connectivity index (χ0) is 21.9. The van der Waals surface area contributed by atoms with Crippen LogP contribution in [0.3, 0.4) is 0 Å². The normalized spacial score (nSPS) is 21.7. The first-order valence-electron chi connectivity index (χ1n) is 11.7. The molecular weight excluding hydrogens is 392 g/mol. The predicted octanol–water partition coefficient (Wildman–Crippen LogP) is 7.22. The number of carbonyl (C=O) groups excluding carboxylic acids is 1. The summed E-state index contributed by atoms with van der Waals surface area (Å²) in [6.07, 6.45) is 18.6. The van der Waals surface area contributed by atoms with E-state index >= 15 is 0 Å². The number of aromatic nitrogens is 2. The van der Waals surface area contributed by atoms with Crippen LogP contribution in [0.25, 0.3) is 16.5 Å². The van der Waals surface area contributed by atoms with Crippen molar-refractivity contribution in [2.24, 2.45) is 0 Å². The molecule has 0 bridgehead atoms. The highest BCUT2D eigenvalue weighted by Gasteiger charge is 2.33. The molecule has 2 aromatic heterocycles. The molecule has 160 valence electrons. The number of rotatable bonds is 4. The van der Waals surface area contributed by atoms with Crippen LogP contribution < -0.4 is 0 Å². The van der Waals surface area contributed by atoms with Crippen molar-refractivity contribution in [3.05, 3.63) is 101 Å². The molecule has 3 heteroatoms. The minimum atomic E-state index is 0.0956. The van der Waals surface area contributed by atoms with Crippen molar-refractivity contribution in [2.75, 3.05) is 0 Å². The zero-order valence-corrected chi connectivity index (χ0v) is 18.6. The number of carbonyl (C=O) groups is 1. The van der Waals surface area contributed by atoms with E-state index in [9.17, 15) is 4.79 Å². The van der Waals surface area contributed by atoms with Crippen LogP contribution in [0.5, 0.6) is 0 Å². The average Bonchev–Trinajstić information content (AvgIpc) is 2.94. The summed E-state index contributed by atoms with van der Waals surface area (Å²) in [5.41, 5.74) is 7.16. The molecular formula is C29H28N2O. The van der Waals surface area contributed by atoms with Crippen molar-refractivity contribution >= 4 is 22.3 Å². The molecule has 2 heterocycles. The van der Waals surface area contributed by atoms with Gasteiger partial charge in [-0.25, -0.2) is 0 Å². The average molecular weight is 421 g/mol. The third-order valence-corrected chi connectivity index (χ3v) is 6.65. The number of nitrogens with zero attached hydrogens (tertiary/aromatic N) is 2. The van der Waals surface area contributed by atoms with Crippen molar-refractivity contribution in [2.45, 2.75) is 51.4 Å². The van der Waals surface area contributed by atoms with Crippen molar-refractivity contribution in [1.29, 1.82) is 0 Å². The Kier molecular flexibility index (Phi) is 5.81. The van der Waals surface area contributed by atoms with Gasteiger partial charge in [0, 0.05) is 41.0 Å². The lowest BCUT2D eigenvalue weighted by atomic mass is 9.73. The Morgan fingerprint density at radius 3 is 2.78 bits per heavy atom. The number of hydrogen-bond donors (Lipinski definition) is 0. The van der Waals surface area contributed by atoms with Crippen LogP contribution in [-0.4, -0.2) is 15.8 Å². The first-order chi connectivity index (χ1) is 15.8. The second-order valence-electron chi connectivity index (χ2n) is 8.67. The molecule has 0 saturated carbocycles. The highest BCUT2D eigenvalue weighted by Crippen LogP contribution is 2.43. The molecule has 1 aromatic carbocycles. The Hall–Kier alpha value is -3.33. The Balaban J connectivity index is 1.70. The lowest BCUT2D eigenvalue weighted by Crippen LogP contribution is -2.22. The van der Waals surface area contributed by atoms with E-state index in [2.05, 4.69) is 53.3 Å². The Morgan fingerprint density at radius 2 is 1.88 bits per heavy atom. The summed E-state index contributed by atoms with van der Waals surface area (Å²) in [4.78, 5) is 22.5. The second-order valence-corrected chi connectivity index (χ2v) is 8.67. The standard InChI is InChI=1S/C29H28N2O/c1-2-3-10-22-23-11-6-4-5-9-20(21-15-17-31-28-13-8-7-12-25(21)28)18-26(23)29(32)27-19-30-16-14-24(22)27/h7-9,11-19,22H,2-6,10H2,1H3/b20-9?,23-11-,26-18+. The van der Waals surface area contributed by atoms with E-state index in [1.54, 1.807) is 6.20 Å². The van der Waals surface area contributed by atoms with E-state index in [0.717, 1.165) is 77.3 Å². The molecule has 3 nitrogen and oxygen atoms in total. The van der Waals surface area contributed by atoms with Gasteiger partial charge in [0.15, 0.2) is 5.78 Å². The third kappa shape index (κ3) is 3.73. The number of benzene rings is 1. The first kappa shape index (κ1) is 20.6. The van der Waals surface area contributed by atoms with Gasteiger partial charge in [-0.2, -0.15) is 0 Å². The maximum atomic E-state index is 13.7. The summed E-state index contributed by atoms with van der Waals surface area (Å²) in [5, 5.41) is 1.12. The molecule has 2 aliphatic carbocycles. The molecule has 1 unspecified atom stereocenters. The Morgan fingerprint density at radius 1 is 1.00 bits per heavy atom. The molecule has 0 radical (unpaired) electrons. The number of allylic oxidation sites excluding steroid dienone is 6. The van der Waals surface area contributed by atoms with Gasteiger partial charge < -0.3 is 0 Å². The fraction of sp³-hybridized carbons (Fsp3) is 0.276. The molecule has 1 atom stereocenters. The Bertz CT molecular complexity index is 1260. The van der Waals surface area contributed by atoms with Crippen LogP contribution in [-0.2, 0) is 0 Å². The quantitative estimate of drug-likeness (QED) is 0.447. The molecule has 0 saturated heterocycles. The summed E-state index contributed by atoms with van der Waals surface area (Å²) in [7, 11) is 0. The maximum absolute atomic E-state index is 13.7. The number of unbranched alkanes of at least 4 members (excludes halogenated alkanes) is 1. The van der Waals surface area contributed by atoms with Crippen LogP contribution >= 0.6 is 0 Å². The van der Waals surface area contributed by atoms with Crippen molar-refractivity contribution in [3.8, 4) is 0 Å². The van der Waals surface area contributed by atoms with Crippen LogP contribution in [0.4, 0.5) is 0 Å².